The summed E-state index contributed by atoms with van der Waals surface area (Å²) in [6.07, 6.45) is 0. The Hall–Kier alpha value is -1.65. The molecule has 0 atom stereocenters. The predicted molar refractivity (Wildman–Crippen MR) is 54.3 cm³/mol. The van der Waals surface area contributed by atoms with Crippen molar-refractivity contribution in [3.05, 3.63) is 29.3 Å². The Morgan fingerprint density at radius 3 is 2.62 bits per heavy atom. The molecule has 1 aromatic carbocycles. The monoisotopic (exact) mass is 230 g/mol. The van der Waals surface area contributed by atoms with E-state index in [2.05, 4.69) is 0 Å². The highest BCUT2D eigenvalue weighted by atomic mass is 19.3. The molecular weight excluding hydrogens is 218 g/mol. The third-order valence-corrected chi connectivity index (χ3v) is 1.92. The highest BCUT2D eigenvalue weighted by Gasteiger charge is 2.22. The van der Waals surface area contributed by atoms with Gasteiger partial charge in [0.2, 0.25) is 0 Å². The summed E-state index contributed by atoms with van der Waals surface area (Å²) in [5.41, 5.74) is 0.634. The van der Waals surface area contributed by atoms with E-state index >= 15 is 0 Å². The molecule has 1 N–H and O–H groups in total. The number of halogens is 2. The van der Waals surface area contributed by atoms with Crippen molar-refractivity contribution in [2.24, 2.45) is 0 Å². The second-order valence-corrected chi connectivity index (χ2v) is 3.64. The van der Waals surface area contributed by atoms with Crippen LogP contribution in [-0.2, 0) is 0 Å². The fourth-order valence-electron chi connectivity index (χ4n) is 1.09. The van der Waals surface area contributed by atoms with Gasteiger partial charge in [-0.05, 0) is 24.6 Å². The van der Waals surface area contributed by atoms with E-state index in [-0.39, 0.29) is 11.3 Å². The van der Waals surface area contributed by atoms with Crippen LogP contribution in [0.4, 0.5) is 8.78 Å². The van der Waals surface area contributed by atoms with Crippen LogP contribution in [0.1, 0.15) is 22.8 Å². The third kappa shape index (κ3) is 3.49. The molecule has 0 amide bonds. The topological polar surface area (TPSA) is 46.5 Å². The summed E-state index contributed by atoms with van der Waals surface area (Å²) in [5, 5.41) is 8.72. The molecule has 0 heterocycles. The largest absolute Gasteiger partial charge is 0.487 e. The zero-order valence-corrected chi connectivity index (χ0v) is 8.96. The van der Waals surface area contributed by atoms with Crippen LogP contribution in [0.15, 0.2) is 18.2 Å². The van der Waals surface area contributed by atoms with Gasteiger partial charge in [-0.1, -0.05) is 6.07 Å². The smallest absolute Gasteiger partial charge is 0.335 e. The van der Waals surface area contributed by atoms with Crippen LogP contribution >= 0.6 is 0 Å². The Balaban J connectivity index is 2.86. The number of rotatable bonds is 4. The molecule has 0 fully saturated rings. The minimum absolute atomic E-state index is 0.0139. The van der Waals surface area contributed by atoms with Crippen LogP contribution in [0.2, 0.25) is 0 Å². The highest BCUT2D eigenvalue weighted by molar-refractivity contribution is 5.88. The van der Waals surface area contributed by atoms with Crippen molar-refractivity contribution in [3.63, 3.8) is 0 Å². The van der Waals surface area contributed by atoms with Gasteiger partial charge in [0, 0.05) is 6.92 Å². The van der Waals surface area contributed by atoms with Crippen LogP contribution in [0.5, 0.6) is 5.75 Å². The Bertz CT molecular complexity index is 397. The molecule has 1 aromatic rings. The lowest BCUT2D eigenvalue weighted by Crippen LogP contribution is -2.21. The van der Waals surface area contributed by atoms with Gasteiger partial charge in [0.05, 0.1) is 5.56 Å². The summed E-state index contributed by atoms with van der Waals surface area (Å²) in [6.45, 7) is 1.63. The van der Waals surface area contributed by atoms with Crippen molar-refractivity contribution in [1.82, 2.24) is 0 Å². The number of benzene rings is 1. The first kappa shape index (κ1) is 12.4. The zero-order chi connectivity index (χ0) is 12.3. The molecule has 3 nitrogen and oxygen atoms in total. The number of carboxylic acid groups (broad SMARTS) is 1. The number of hydrogen-bond donors (Lipinski definition) is 1. The Morgan fingerprint density at radius 1 is 1.50 bits per heavy atom. The van der Waals surface area contributed by atoms with Crippen molar-refractivity contribution in [2.75, 3.05) is 6.61 Å². The Kier molecular flexibility index (Phi) is 3.47. The lowest BCUT2D eigenvalue weighted by Gasteiger charge is -2.14. The van der Waals surface area contributed by atoms with Crippen molar-refractivity contribution in [2.45, 2.75) is 19.8 Å². The molecule has 0 spiro atoms. The van der Waals surface area contributed by atoms with E-state index < -0.39 is 18.5 Å². The summed E-state index contributed by atoms with van der Waals surface area (Å²) < 4.78 is 30.0. The van der Waals surface area contributed by atoms with Crippen molar-refractivity contribution < 1.29 is 23.4 Å². The number of aromatic carboxylic acids is 1. The van der Waals surface area contributed by atoms with Gasteiger partial charge in [-0.2, -0.15) is 0 Å². The third-order valence-electron chi connectivity index (χ3n) is 1.92. The van der Waals surface area contributed by atoms with E-state index in [1.165, 1.54) is 18.2 Å². The predicted octanol–water partition coefficient (Wildman–Crippen LogP) is 2.73. The lowest BCUT2D eigenvalue weighted by molar-refractivity contribution is -0.0231. The summed E-state index contributed by atoms with van der Waals surface area (Å²) >= 11 is 0. The van der Waals surface area contributed by atoms with Gasteiger partial charge in [0.1, 0.15) is 5.75 Å². The molecule has 16 heavy (non-hydrogen) atoms. The summed E-state index contributed by atoms with van der Waals surface area (Å²) in [4.78, 5) is 10.7. The molecule has 0 aliphatic carbocycles. The van der Waals surface area contributed by atoms with E-state index in [9.17, 15) is 13.6 Å². The second kappa shape index (κ2) is 4.47. The molecule has 0 bridgehead atoms. The summed E-state index contributed by atoms with van der Waals surface area (Å²) in [6, 6.07) is 4.16. The Labute approximate surface area is 91.7 Å². The summed E-state index contributed by atoms with van der Waals surface area (Å²) in [5.74, 6) is -3.89. The van der Waals surface area contributed by atoms with Crippen LogP contribution in [-0.4, -0.2) is 23.6 Å². The first-order chi connectivity index (χ1) is 7.29. The number of ether oxygens (including phenoxy) is 1. The average molecular weight is 230 g/mol. The molecular formula is C11H12F2O3. The van der Waals surface area contributed by atoms with Crippen LogP contribution < -0.4 is 4.74 Å². The van der Waals surface area contributed by atoms with Gasteiger partial charge in [-0.25, -0.2) is 13.6 Å². The number of carbonyl (C=O) groups is 1. The van der Waals surface area contributed by atoms with Gasteiger partial charge < -0.3 is 9.84 Å². The fraction of sp³-hybridized carbons (Fsp3) is 0.364. The minimum atomic E-state index is -2.94. The van der Waals surface area contributed by atoms with Crippen molar-refractivity contribution >= 4 is 5.97 Å². The number of alkyl halides is 2. The standard InChI is InChI=1S/C11H12F2O3/c1-7-3-4-8(10(14)15)5-9(7)16-6-11(2,12)13/h3-5H,6H2,1-2H3,(H,14,15). The maximum Gasteiger partial charge on any atom is 0.335 e. The normalized spacial score (nSPS) is 11.2. The molecule has 0 aliphatic heterocycles. The fourth-order valence-corrected chi connectivity index (χ4v) is 1.09. The molecule has 0 aromatic heterocycles. The van der Waals surface area contributed by atoms with Crippen molar-refractivity contribution in [1.29, 1.82) is 0 Å². The molecule has 0 saturated carbocycles. The van der Waals surface area contributed by atoms with Crippen LogP contribution in [0.25, 0.3) is 0 Å². The van der Waals surface area contributed by atoms with Gasteiger partial charge in [0.25, 0.3) is 5.92 Å². The molecule has 0 aliphatic rings. The summed E-state index contributed by atoms with van der Waals surface area (Å²) in [7, 11) is 0. The van der Waals surface area contributed by atoms with Crippen LogP contribution in [0, 0.1) is 6.92 Å². The van der Waals surface area contributed by atoms with E-state index in [1.54, 1.807) is 6.92 Å². The Morgan fingerprint density at radius 2 is 2.12 bits per heavy atom. The average Bonchev–Trinajstić information content (AvgIpc) is 2.14. The number of aryl methyl sites for hydroxylation is 1. The zero-order valence-electron chi connectivity index (χ0n) is 8.96. The van der Waals surface area contributed by atoms with Gasteiger partial charge >= 0.3 is 5.97 Å². The van der Waals surface area contributed by atoms with E-state index in [1.807, 2.05) is 0 Å². The number of hydrogen-bond acceptors (Lipinski definition) is 2. The van der Waals surface area contributed by atoms with Gasteiger partial charge in [-0.15, -0.1) is 0 Å². The lowest BCUT2D eigenvalue weighted by atomic mass is 10.1. The van der Waals surface area contributed by atoms with Crippen molar-refractivity contribution in [3.8, 4) is 5.75 Å². The number of carboxylic acids is 1. The van der Waals surface area contributed by atoms with Gasteiger partial charge in [0.15, 0.2) is 6.61 Å². The first-order valence-corrected chi connectivity index (χ1v) is 4.64. The van der Waals surface area contributed by atoms with E-state index in [4.69, 9.17) is 9.84 Å². The quantitative estimate of drug-likeness (QED) is 0.865. The minimum Gasteiger partial charge on any atom is -0.487 e. The SMILES string of the molecule is Cc1ccc(C(=O)O)cc1OCC(C)(F)F. The molecule has 0 unspecified atom stereocenters. The maximum atomic E-state index is 12.6. The highest BCUT2D eigenvalue weighted by Crippen LogP contribution is 2.22. The molecule has 0 saturated heterocycles. The second-order valence-electron chi connectivity index (χ2n) is 3.64. The molecule has 88 valence electrons. The van der Waals surface area contributed by atoms with E-state index in [0.717, 1.165) is 6.92 Å². The maximum absolute atomic E-state index is 12.6. The van der Waals surface area contributed by atoms with Gasteiger partial charge in [-0.3, -0.25) is 0 Å². The molecule has 1 rings (SSSR count). The van der Waals surface area contributed by atoms with E-state index in [0.29, 0.717) is 5.56 Å². The first-order valence-electron chi connectivity index (χ1n) is 4.64. The molecule has 5 heteroatoms. The van der Waals surface area contributed by atoms with Crippen LogP contribution in [0.3, 0.4) is 0 Å². The molecule has 0 radical (unpaired) electrons.